The van der Waals surface area contributed by atoms with Gasteiger partial charge in [0.1, 0.15) is 0 Å². The average molecular weight is 413 g/mol. The van der Waals surface area contributed by atoms with Gasteiger partial charge in [0.25, 0.3) is 0 Å². The molecule has 30 heavy (non-hydrogen) atoms. The summed E-state index contributed by atoms with van der Waals surface area (Å²) in [6.07, 6.45) is 3.76. The number of piperazine rings is 1. The van der Waals surface area contributed by atoms with Crippen molar-refractivity contribution in [2.75, 3.05) is 49.5 Å². The van der Waals surface area contributed by atoms with Crippen molar-refractivity contribution < 1.29 is 14.4 Å². The molecule has 1 aromatic carbocycles. The van der Waals surface area contributed by atoms with E-state index in [0.29, 0.717) is 0 Å². The lowest BCUT2D eigenvalue weighted by molar-refractivity contribution is -0.140. The highest BCUT2D eigenvalue weighted by atomic mass is 16.2. The first kappa shape index (κ1) is 20.8. The van der Waals surface area contributed by atoms with E-state index in [0.717, 1.165) is 69.8 Å². The van der Waals surface area contributed by atoms with Crippen LogP contribution in [0.3, 0.4) is 0 Å². The summed E-state index contributed by atoms with van der Waals surface area (Å²) >= 11 is 0. The number of nitrogens with one attached hydrogen (secondary N) is 1. The number of hydrogen-bond acceptors (Lipinski definition) is 5. The molecule has 2 saturated heterocycles. The number of nitrogens with zero attached hydrogens (tertiary/aromatic N) is 3. The van der Waals surface area contributed by atoms with Crippen LogP contribution in [-0.2, 0) is 14.4 Å². The van der Waals surface area contributed by atoms with E-state index < -0.39 is 0 Å². The standard InChI is InChI=1S/C23H32N4O3/c1-2-25-13-15-26(16-14-25)20-10-6-5-9-19(20)24-21(28)11-12-27-22(29)17-7-3-4-8-18(17)23(27)30/h5-6,9-10,17-18H,2-4,7-8,11-16H2,1H3,(H,24,28)/t17-,18-/m0/s1. The van der Waals surface area contributed by atoms with Crippen LogP contribution in [0.4, 0.5) is 11.4 Å². The van der Waals surface area contributed by atoms with Gasteiger partial charge in [-0.15, -0.1) is 0 Å². The first-order valence-electron chi connectivity index (χ1n) is 11.3. The maximum atomic E-state index is 12.6. The number of amides is 3. The van der Waals surface area contributed by atoms with Gasteiger partial charge in [-0.3, -0.25) is 19.3 Å². The molecule has 7 nitrogen and oxygen atoms in total. The predicted octanol–water partition coefficient (Wildman–Crippen LogP) is 2.33. The third-order valence-electron chi connectivity index (χ3n) is 6.83. The number of fused-ring (bicyclic) bond motifs is 1. The minimum Gasteiger partial charge on any atom is -0.367 e. The molecule has 0 unspecified atom stereocenters. The fourth-order valence-corrected chi connectivity index (χ4v) is 5.04. The fourth-order valence-electron chi connectivity index (χ4n) is 5.04. The number of rotatable bonds is 6. The number of hydrogen-bond donors (Lipinski definition) is 1. The Balaban J connectivity index is 1.35. The van der Waals surface area contributed by atoms with Crippen molar-refractivity contribution in [3.63, 3.8) is 0 Å². The van der Waals surface area contributed by atoms with Crippen LogP contribution in [0.5, 0.6) is 0 Å². The molecule has 2 aliphatic heterocycles. The second-order valence-electron chi connectivity index (χ2n) is 8.56. The van der Waals surface area contributed by atoms with Gasteiger partial charge in [-0.05, 0) is 31.5 Å². The molecular formula is C23H32N4O3. The van der Waals surface area contributed by atoms with Crippen molar-refractivity contribution in [1.29, 1.82) is 0 Å². The average Bonchev–Trinajstić information content (AvgIpc) is 3.03. The minimum atomic E-state index is -0.162. The summed E-state index contributed by atoms with van der Waals surface area (Å²) in [6, 6.07) is 7.86. The van der Waals surface area contributed by atoms with Gasteiger partial charge in [0.2, 0.25) is 17.7 Å². The monoisotopic (exact) mass is 412 g/mol. The smallest absolute Gasteiger partial charge is 0.233 e. The van der Waals surface area contributed by atoms with Gasteiger partial charge in [0.15, 0.2) is 0 Å². The Labute approximate surface area is 178 Å². The van der Waals surface area contributed by atoms with Gasteiger partial charge in [0, 0.05) is 39.1 Å². The molecule has 1 saturated carbocycles. The maximum absolute atomic E-state index is 12.6. The third kappa shape index (κ3) is 4.21. The molecule has 3 fully saturated rings. The second-order valence-corrected chi connectivity index (χ2v) is 8.56. The molecule has 1 aliphatic carbocycles. The van der Waals surface area contributed by atoms with Crippen molar-refractivity contribution in [3.8, 4) is 0 Å². The highest BCUT2D eigenvalue weighted by Gasteiger charge is 2.47. The lowest BCUT2D eigenvalue weighted by Gasteiger charge is -2.36. The van der Waals surface area contributed by atoms with E-state index in [1.807, 2.05) is 24.3 Å². The van der Waals surface area contributed by atoms with Crippen molar-refractivity contribution in [1.82, 2.24) is 9.80 Å². The Hall–Kier alpha value is -2.41. The molecule has 0 spiro atoms. The molecule has 0 aromatic heterocycles. The van der Waals surface area contributed by atoms with Gasteiger partial charge in [0.05, 0.1) is 23.2 Å². The van der Waals surface area contributed by atoms with Gasteiger partial charge in [-0.1, -0.05) is 31.9 Å². The molecule has 3 amide bonds. The van der Waals surface area contributed by atoms with E-state index in [9.17, 15) is 14.4 Å². The first-order valence-corrected chi connectivity index (χ1v) is 11.3. The lowest BCUT2D eigenvalue weighted by atomic mass is 9.81. The Morgan fingerprint density at radius 2 is 1.63 bits per heavy atom. The van der Waals surface area contributed by atoms with E-state index in [-0.39, 0.29) is 42.5 Å². The van der Waals surface area contributed by atoms with Crippen LogP contribution in [0, 0.1) is 11.8 Å². The van der Waals surface area contributed by atoms with Crippen molar-refractivity contribution in [2.45, 2.75) is 39.0 Å². The molecule has 3 aliphatic rings. The summed E-state index contributed by atoms with van der Waals surface area (Å²) in [5.41, 5.74) is 1.82. The van der Waals surface area contributed by atoms with E-state index in [1.165, 1.54) is 4.90 Å². The minimum absolute atomic E-state index is 0.0771. The van der Waals surface area contributed by atoms with Gasteiger partial charge in [-0.25, -0.2) is 0 Å². The van der Waals surface area contributed by atoms with Crippen LogP contribution in [0.1, 0.15) is 39.0 Å². The number of anilines is 2. The summed E-state index contributed by atoms with van der Waals surface area (Å²) in [4.78, 5) is 43.9. The fraction of sp³-hybridized carbons (Fsp3) is 0.609. The number of likely N-dealkylation sites (N-methyl/N-ethyl adjacent to an activating group) is 1. The second kappa shape index (κ2) is 9.16. The van der Waals surface area contributed by atoms with Gasteiger partial charge >= 0.3 is 0 Å². The Morgan fingerprint density at radius 1 is 1.00 bits per heavy atom. The molecule has 1 N–H and O–H groups in total. The van der Waals surface area contributed by atoms with Crippen molar-refractivity contribution >= 4 is 29.1 Å². The normalized spacial score (nSPS) is 24.8. The summed E-state index contributed by atoms with van der Waals surface area (Å²) in [7, 11) is 0. The predicted molar refractivity (Wildman–Crippen MR) is 116 cm³/mol. The van der Waals surface area contributed by atoms with Crippen LogP contribution < -0.4 is 10.2 Å². The topological polar surface area (TPSA) is 73.0 Å². The number of carbonyl (C=O) groups is 3. The lowest BCUT2D eigenvalue weighted by Crippen LogP contribution is -2.46. The van der Waals surface area contributed by atoms with Gasteiger partial charge in [-0.2, -0.15) is 0 Å². The highest BCUT2D eigenvalue weighted by molar-refractivity contribution is 6.05. The maximum Gasteiger partial charge on any atom is 0.233 e. The van der Waals surface area contributed by atoms with Crippen LogP contribution in [0.2, 0.25) is 0 Å². The molecule has 4 rings (SSSR count). The Bertz CT molecular complexity index is 779. The number of imide groups is 1. The summed E-state index contributed by atoms with van der Waals surface area (Å²) in [5, 5.41) is 3.01. The third-order valence-corrected chi connectivity index (χ3v) is 6.83. The van der Waals surface area contributed by atoms with Crippen LogP contribution in [0.15, 0.2) is 24.3 Å². The van der Waals surface area contributed by atoms with Crippen LogP contribution >= 0.6 is 0 Å². The Kier molecular flexibility index (Phi) is 6.37. The molecule has 0 radical (unpaired) electrons. The quantitative estimate of drug-likeness (QED) is 0.726. The van der Waals surface area contributed by atoms with Gasteiger partial charge < -0.3 is 15.1 Å². The van der Waals surface area contributed by atoms with Crippen LogP contribution in [-0.4, -0.2) is 66.8 Å². The zero-order valence-corrected chi connectivity index (χ0v) is 17.8. The number of carbonyl (C=O) groups excluding carboxylic acids is 3. The SMILES string of the molecule is CCN1CCN(c2ccccc2NC(=O)CCN2C(=O)[C@H]3CCCC[C@@H]3C2=O)CC1. The summed E-state index contributed by atoms with van der Waals surface area (Å²) < 4.78 is 0. The largest absolute Gasteiger partial charge is 0.367 e. The van der Waals surface area contributed by atoms with Crippen molar-refractivity contribution in [2.24, 2.45) is 11.8 Å². The summed E-state index contributed by atoms with van der Waals surface area (Å²) in [6.45, 7) is 7.30. The first-order chi connectivity index (χ1) is 14.6. The molecular weight excluding hydrogens is 380 g/mol. The van der Waals surface area contributed by atoms with E-state index in [4.69, 9.17) is 0 Å². The van der Waals surface area contributed by atoms with E-state index in [1.54, 1.807) is 0 Å². The molecule has 2 heterocycles. The van der Waals surface area contributed by atoms with Crippen molar-refractivity contribution in [3.05, 3.63) is 24.3 Å². The highest BCUT2D eigenvalue weighted by Crippen LogP contribution is 2.38. The van der Waals surface area contributed by atoms with Crippen LogP contribution in [0.25, 0.3) is 0 Å². The molecule has 1 aromatic rings. The zero-order chi connectivity index (χ0) is 21.1. The number of para-hydroxylation sites is 2. The molecule has 2 atom stereocenters. The number of likely N-dealkylation sites (tertiary alicyclic amines) is 1. The Morgan fingerprint density at radius 3 is 2.27 bits per heavy atom. The molecule has 162 valence electrons. The molecule has 0 bridgehead atoms. The number of benzene rings is 1. The zero-order valence-electron chi connectivity index (χ0n) is 17.8. The van der Waals surface area contributed by atoms with E-state index >= 15 is 0 Å². The summed E-state index contributed by atoms with van der Waals surface area (Å²) in [5.74, 6) is -0.628. The van der Waals surface area contributed by atoms with E-state index in [2.05, 4.69) is 22.0 Å². The molecule has 7 heteroatoms.